The van der Waals surface area contributed by atoms with E-state index in [9.17, 15) is 0 Å². The lowest BCUT2D eigenvalue weighted by molar-refractivity contribution is 0.251. The summed E-state index contributed by atoms with van der Waals surface area (Å²) in [6, 6.07) is 2.53. The van der Waals surface area contributed by atoms with Crippen LogP contribution in [0.5, 0.6) is 0 Å². The van der Waals surface area contributed by atoms with Crippen LogP contribution in [0.25, 0.3) is 0 Å². The van der Waals surface area contributed by atoms with Crippen LogP contribution in [0, 0.1) is 0 Å². The van der Waals surface area contributed by atoms with Gasteiger partial charge in [-0.05, 0) is 61.6 Å². The highest BCUT2D eigenvalue weighted by Gasteiger charge is 2.18. The van der Waals surface area contributed by atoms with Crippen molar-refractivity contribution in [2.45, 2.75) is 77.7 Å². The minimum absolute atomic E-state index is 0.215. The van der Waals surface area contributed by atoms with E-state index in [0.717, 1.165) is 6.54 Å². The van der Waals surface area contributed by atoms with Gasteiger partial charge in [-0.15, -0.1) is 11.3 Å². The van der Waals surface area contributed by atoms with Crippen molar-refractivity contribution in [3.05, 3.63) is 21.9 Å². The van der Waals surface area contributed by atoms with Crippen LogP contribution in [0.2, 0.25) is 0 Å². The molecule has 0 aliphatic carbocycles. The molecule has 0 saturated heterocycles. The van der Waals surface area contributed by atoms with E-state index >= 15 is 0 Å². The maximum atomic E-state index is 9.05. The predicted molar refractivity (Wildman–Crippen MR) is 94.5 cm³/mol. The van der Waals surface area contributed by atoms with E-state index in [0.29, 0.717) is 11.8 Å². The van der Waals surface area contributed by atoms with Gasteiger partial charge in [-0.3, -0.25) is 0 Å². The number of thiophene rings is 1. The van der Waals surface area contributed by atoms with Gasteiger partial charge in [-0.1, -0.05) is 33.6 Å². The Bertz CT molecular complexity index is 375. The van der Waals surface area contributed by atoms with Crippen LogP contribution < -0.4 is 5.32 Å². The first-order valence-corrected chi connectivity index (χ1v) is 9.39. The molecule has 1 rings (SSSR count). The van der Waals surface area contributed by atoms with E-state index in [4.69, 9.17) is 5.11 Å². The molecule has 2 unspecified atom stereocenters. The van der Waals surface area contributed by atoms with E-state index in [1.165, 1.54) is 32.1 Å². The molecule has 2 atom stereocenters. The highest BCUT2D eigenvalue weighted by Crippen LogP contribution is 2.36. The van der Waals surface area contributed by atoms with Crippen molar-refractivity contribution in [3.8, 4) is 0 Å². The Morgan fingerprint density at radius 1 is 1.19 bits per heavy atom. The van der Waals surface area contributed by atoms with Gasteiger partial charge in [-0.25, -0.2) is 0 Å². The van der Waals surface area contributed by atoms with Crippen LogP contribution in [0.3, 0.4) is 0 Å². The summed E-state index contributed by atoms with van der Waals surface area (Å²) in [6.07, 6.45) is 6.35. The molecular formula is C18H33NOS. The minimum Gasteiger partial charge on any atom is -0.395 e. The first kappa shape index (κ1) is 18.7. The first-order chi connectivity index (χ1) is 10.1. The number of unbranched alkanes of at least 4 members (excludes halogenated alkanes) is 1. The fourth-order valence-corrected chi connectivity index (χ4v) is 3.99. The fourth-order valence-electron chi connectivity index (χ4n) is 2.76. The smallest absolute Gasteiger partial charge is 0.0581 e. The molecule has 1 aromatic heterocycles. The quantitative estimate of drug-likeness (QED) is 0.570. The van der Waals surface area contributed by atoms with Gasteiger partial charge in [0.25, 0.3) is 0 Å². The summed E-state index contributed by atoms with van der Waals surface area (Å²) >= 11 is 1.94. The van der Waals surface area contributed by atoms with Gasteiger partial charge in [0, 0.05) is 10.9 Å². The summed E-state index contributed by atoms with van der Waals surface area (Å²) in [5, 5.41) is 14.7. The molecule has 3 heteroatoms. The van der Waals surface area contributed by atoms with Gasteiger partial charge in [0.1, 0.15) is 0 Å². The SMILES string of the molecule is CCCCC(CCCNC(C)CO)c1sccc1C(C)C. The third-order valence-electron chi connectivity index (χ3n) is 4.12. The zero-order valence-electron chi connectivity index (χ0n) is 14.2. The van der Waals surface area contributed by atoms with Crippen LogP contribution in [-0.4, -0.2) is 24.3 Å². The molecule has 0 radical (unpaired) electrons. The van der Waals surface area contributed by atoms with Crippen molar-refractivity contribution >= 4 is 11.3 Å². The van der Waals surface area contributed by atoms with Crippen LogP contribution in [0.1, 0.15) is 82.1 Å². The summed E-state index contributed by atoms with van der Waals surface area (Å²) in [4.78, 5) is 1.62. The van der Waals surface area contributed by atoms with E-state index in [1.54, 1.807) is 10.4 Å². The lowest BCUT2D eigenvalue weighted by atomic mass is 9.90. The van der Waals surface area contributed by atoms with Crippen molar-refractivity contribution in [1.82, 2.24) is 5.32 Å². The molecule has 0 spiro atoms. The third kappa shape index (κ3) is 6.50. The Kier molecular flexibility index (Phi) is 9.21. The molecule has 0 aromatic carbocycles. The van der Waals surface area contributed by atoms with Gasteiger partial charge >= 0.3 is 0 Å². The van der Waals surface area contributed by atoms with Crippen molar-refractivity contribution in [2.24, 2.45) is 0 Å². The summed E-state index contributed by atoms with van der Waals surface area (Å²) in [5.74, 6) is 1.34. The summed E-state index contributed by atoms with van der Waals surface area (Å²) in [7, 11) is 0. The van der Waals surface area contributed by atoms with Gasteiger partial charge < -0.3 is 10.4 Å². The van der Waals surface area contributed by atoms with Crippen LogP contribution in [-0.2, 0) is 0 Å². The van der Waals surface area contributed by atoms with Crippen molar-refractivity contribution in [2.75, 3.05) is 13.2 Å². The highest BCUT2D eigenvalue weighted by atomic mass is 32.1. The second-order valence-electron chi connectivity index (χ2n) is 6.41. The van der Waals surface area contributed by atoms with E-state index in [2.05, 4.69) is 37.5 Å². The monoisotopic (exact) mass is 311 g/mol. The molecule has 0 bridgehead atoms. The Balaban J connectivity index is 2.57. The van der Waals surface area contributed by atoms with Crippen molar-refractivity contribution < 1.29 is 5.11 Å². The maximum Gasteiger partial charge on any atom is 0.0581 e. The lowest BCUT2D eigenvalue weighted by Crippen LogP contribution is -2.30. The van der Waals surface area contributed by atoms with E-state index in [1.807, 2.05) is 18.3 Å². The van der Waals surface area contributed by atoms with Crippen LogP contribution in [0.15, 0.2) is 11.4 Å². The molecular weight excluding hydrogens is 278 g/mol. The standard InChI is InChI=1S/C18H33NOS/c1-5-6-8-16(9-7-11-19-15(4)13-20)18-17(14(2)3)10-12-21-18/h10,12,14-16,19-20H,5-9,11,13H2,1-4H3. The molecule has 0 aliphatic rings. The first-order valence-electron chi connectivity index (χ1n) is 8.51. The second kappa shape index (κ2) is 10.4. The average Bonchev–Trinajstić information content (AvgIpc) is 2.95. The Hall–Kier alpha value is -0.380. The molecule has 2 N–H and O–H groups in total. The number of aliphatic hydroxyl groups is 1. The molecule has 21 heavy (non-hydrogen) atoms. The van der Waals surface area contributed by atoms with Crippen molar-refractivity contribution in [3.63, 3.8) is 0 Å². The van der Waals surface area contributed by atoms with Gasteiger partial charge in [0.15, 0.2) is 0 Å². The maximum absolute atomic E-state index is 9.05. The number of hydrogen-bond acceptors (Lipinski definition) is 3. The molecule has 1 aromatic rings. The largest absolute Gasteiger partial charge is 0.395 e. The molecule has 122 valence electrons. The predicted octanol–water partition coefficient (Wildman–Crippen LogP) is 4.90. The Labute approximate surface area is 135 Å². The average molecular weight is 312 g/mol. The second-order valence-corrected chi connectivity index (χ2v) is 7.36. The molecule has 1 heterocycles. The number of hydrogen-bond donors (Lipinski definition) is 2. The molecule has 0 amide bonds. The summed E-state index contributed by atoms with van der Waals surface area (Å²) in [6.45, 7) is 10.1. The molecule has 0 saturated carbocycles. The number of rotatable bonds is 11. The fraction of sp³-hybridized carbons (Fsp3) is 0.778. The number of nitrogens with one attached hydrogen (secondary N) is 1. The van der Waals surface area contributed by atoms with Crippen LogP contribution in [0.4, 0.5) is 0 Å². The van der Waals surface area contributed by atoms with Gasteiger partial charge in [0.05, 0.1) is 6.61 Å². The Morgan fingerprint density at radius 2 is 1.90 bits per heavy atom. The van der Waals surface area contributed by atoms with Crippen LogP contribution >= 0.6 is 11.3 Å². The van der Waals surface area contributed by atoms with Gasteiger partial charge in [0.2, 0.25) is 0 Å². The number of aliphatic hydroxyl groups excluding tert-OH is 1. The van der Waals surface area contributed by atoms with E-state index in [-0.39, 0.29) is 12.6 Å². The third-order valence-corrected chi connectivity index (χ3v) is 5.22. The summed E-state index contributed by atoms with van der Waals surface area (Å²) in [5.41, 5.74) is 1.55. The zero-order chi connectivity index (χ0) is 15.7. The topological polar surface area (TPSA) is 32.3 Å². The molecule has 0 fully saturated rings. The minimum atomic E-state index is 0.215. The lowest BCUT2D eigenvalue weighted by Gasteiger charge is -2.19. The Morgan fingerprint density at radius 3 is 2.52 bits per heavy atom. The molecule has 0 aliphatic heterocycles. The van der Waals surface area contributed by atoms with Gasteiger partial charge in [-0.2, -0.15) is 0 Å². The zero-order valence-corrected chi connectivity index (χ0v) is 15.0. The summed E-state index contributed by atoms with van der Waals surface area (Å²) < 4.78 is 0. The normalized spacial score (nSPS) is 14.6. The highest BCUT2D eigenvalue weighted by molar-refractivity contribution is 7.10. The van der Waals surface area contributed by atoms with E-state index < -0.39 is 0 Å². The van der Waals surface area contributed by atoms with Crippen molar-refractivity contribution in [1.29, 1.82) is 0 Å². The molecule has 2 nitrogen and oxygen atoms in total.